The molecule has 0 spiro atoms. The largest absolute Gasteiger partial charge is 0.450 e. The highest BCUT2D eigenvalue weighted by Crippen LogP contribution is 2.39. The minimum absolute atomic E-state index is 0.0816. The van der Waals surface area contributed by atoms with E-state index >= 15 is 0 Å². The lowest BCUT2D eigenvalue weighted by Crippen LogP contribution is -2.22. The first kappa shape index (κ1) is 24.7. The maximum absolute atomic E-state index is 14.5. The maximum atomic E-state index is 14.5. The van der Waals surface area contributed by atoms with Gasteiger partial charge in [0.05, 0.1) is 5.39 Å². The van der Waals surface area contributed by atoms with E-state index in [1.165, 1.54) is 18.3 Å². The lowest BCUT2D eigenvalue weighted by atomic mass is 10.1. The average Bonchev–Trinajstić information content (AvgIpc) is 3.14. The fourth-order valence-electron chi connectivity index (χ4n) is 3.58. The number of fused-ring (bicyclic) bond motifs is 1. The van der Waals surface area contributed by atoms with Crippen molar-refractivity contribution >= 4 is 24.8 Å². The summed E-state index contributed by atoms with van der Waals surface area (Å²) in [7, 11) is -1.30. The molecular formula is C25H25F4N3O2Si. The highest BCUT2D eigenvalue weighted by Gasteiger charge is 2.21. The lowest BCUT2D eigenvalue weighted by molar-refractivity contribution is 0.0899. The Kier molecular flexibility index (Phi) is 6.86. The van der Waals surface area contributed by atoms with Crippen LogP contribution in [0.4, 0.5) is 23.2 Å². The molecule has 4 aromatic rings. The number of aromatic nitrogens is 2. The molecule has 0 radical (unpaired) electrons. The van der Waals surface area contributed by atoms with Crippen LogP contribution in [0.15, 0.2) is 48.8 Å². The SMILES string of the molecule is C[Si](C)(C)CCOCn1cc(-c2ccc(F)c(F)c2)c2c(Oc3c(F)cc(N)cc3F)ccnc21. The number of nitrogens with two attached hydrogens (primary N) is 1. The summed E-state index contributed by atoms with van der Waals surface area (Å²) in [6.45, 7) is 7.41. The minimum atomic E-state index is -1.30. The van der Waals surface area contributed by atoms with Crippen molar-refractivity contribution in [1.29, 1.82) is 0 Å². The lowest BCUT2D eigenvalue weighted by Gasteiger charge is -2.15. The van der Waals surface area contributed by atoms with Crippen molar-refractivity contribution in [2.45, 2.75) is 32.4 Å². The average molecular weight is 504 g/mol. The monoisotopic (exact) mass is 503 g/mol. The molecule has 4 rings (SSSR count). The summed E-state index contributed by atoms with van der Waals surface area (Å²) in [5, 5.41) is 0.364. The van der Waals surface area contributed by atoms with Gasteiger partial charge in [0.25, 0.3) is 0 Å². The van der Waals surface area contributed by atoms with Crippen LogP contribution in [-0.4, -0.2) is 24.2 Å². The van der Waals surface area contributed by atoms with Gasteiger partial charge in [-0.15, -0.1) is 0 Å². The van der Waals surface area contributed by atoms with Gasteiger partial charge in [0, 0.05) is 50.5 Å². The van der Waals surface area contributed by atoms with Crippen LogP contribution >= 0.6 is 0 Å². The van der Waals surface area contributed by atoms with Crippen molar-refractivity contribution in [1.82, 2.24) is 9.55 Å². The molecule has 0 aliphatic heterocycles. The number of nitrogen functional groups attached to an aromatic ring is 1. The fourth-order valence-corrected chi connectivity index (χ4v) is 4.34. The summed E-state index contributed by atoms with van der Waals surface area (Å²) in [5.74, 6) is -4.53. The van der Waals surface area contributed by atoms with Crippen LogP contribution in [-0.2, 0) is 11.5 Å². The predicted octanol–water partition coefficient (Wildman–Crippen LogP) is 6.95. The van der Waals surface area contributed by atoms with Crippen LogP contribution < -0.4 is 10.5 Å². The number of ether oxygens (including phenoxy) is 2. The smallest absolute Gasteiger partial charge is 0.198 e. The molecule has 0 saturated heterocycles. The van der Waals surface area contributed by atoms with E-state index in [9.17, 15) is 17.6 Å². The van der Waals surface area contributed by atoms with Crippen LogP contribution in [0.3, 0.4) is 0 Å². The number of hydrogen-bond donors (Lipinski definition) is 1. The third-order valence-corrected chi connectivity index (χ3v) is 7.11. The second kappa shape index (κ2) is 9.71. The summed E-state index contributed by atoms with van der Waals surface area (Å²) >= 11 is 0. The summed E-state index contributed by atoms with van der Waals surface area (Å²) < 4.78 is 69.8. The van der Waals surface area contributed by atoms with Gasteiger partial charge < -0.3 is 19.8 Å². The minimum Gasteiger partial charge on any atom is -0.450 e. The van der Waals surface area contributed by atoms with E-state index in [0.29, 0.717) is 28.8 Å². The summed E-state index contributed by atoms with van der Waals surface area (Å²) in [4.78, 5) is 4.39. The number of nitrogens with zero attached hydrogens (tertiary/aromatic N) is 2. The third-order valence-electron chi connectivity index (χ3n) is 5.41. The summed E-state index contributed by atoms with van der Waals surface area (Å²) in [6, 6.07) is 7.76. The van der Waals surface area contributed by atoms with Crippen LogP contribution in [0.1, 0.15) is 0 Å². The van der Waals surface area contributed by atoms with Crippen molar-refractivity contribution < 1.29 is 27.0 Å². The molecule has 0 bridgehead atoms. The number of anilines is 1. The number of benzene rings is 2. The zero-order chi connectivity index (χ0) is 25.3. The fraction of sp³-hybridized carbons (Fsp3) is 0.240. The Hall–Kier alpha value is -3.37. The molecular weight excluding hydrogens is 478 g/mol. The number of pyridine rings is 1. The second-order valence-corrected chi connectivity index (χ2v) is 15.0. The molecule has 2 N–H and O–H groups in total. The van der Waals surface area contributed by atoms with E-state index in [1.807, 2.05) is 0 Å². The first-order chi connectivity index (χ1) is 16.5. The van der Waals surface area contributed by atoms with Crippen molar-refractivity contribution in [3.8, 4) is 22.6 Å². The molecule has 2 aromatic carbocycles. The highest BCUT2D eigenvalue weighted by molar-refractivity contribution is 6.76. The molecule has 0 atom stereocenters. The van der Waals surface area contributed by atoms with Gasteiger partial charge in [-0.25, -0.2) is 22.5 Å². The Morgan fingerprint density at radius 1 is 0.943 bits per heavy atom. The van der Waals surface area contributed by atoms with Gasteiger partial charge in [-0.1, -0.05) is 25.7 Å². The maximum Gasteiger partial charge on any atom is 0.198 e. The molecule has 2 aromatic heterocycles. The van der Waals surface area contributed by atoms with Gasteiger partial charge in [0.1, 0.15) is 18.1 Å². The first-order valence-electron chi connectivity index (χ1n) is 11.0. The molecule has 0 aliphatic rings. The van der Waals surface area contributed by atoms with E-state index in [-0.39, 0.29) is 18.2 Å². The van der Waals surface area contributed by atoms with Gasteiger partial charge in [-0.2, -0.15) is 0 Å². The van der Waals surface area contributed by atoms with E-state index < -0.39 is 37.1 Å². The van der Waals surface area contributed by atoms with Crippen molar-refractivity contribution in [3.05, 3.63) is 72.1 Å². The molecule has 0 unspecified atom stereocenters. The van der Waals surface area contributed by atoms with Gasteiger partial charge >= 0.3 is 0 Å². The van der Waals surface area contributed by atoms with Crippen molar-refractivity contribution in [3.63, 3.8) is 0 Å². The van der Waals surface area contributed by atoms with Crippen molar-refractivity contribution in [2.24, 2.45) is 0 Å². The molecule has 35 heavy (non-hydrogen) atoms. The van der Waals surface area contributed by atoms with E-state index in [0.717, 1.165) is 30.3 Å². The topological polar surface area (TPSA) is 62.3 Å². The molecule has 5 nitrogen and oxygen atoms in total. The normalized spacial score (nSPS) is 11.9. The summed E-state index contributed by atoms with van der Waals surface area (Å²) in [6.07, 6.45) is 3.10. The van der Waals surface area contributed by atoms with Crippen molar-refractivity contribution in [2.75, 3.05) is 12.3 Å². The first-order valence-corrected chi connectivity index (χ1v) is 14.7. The Morgan fingerprint density at radius 3 is 2.31 bits per heavy atom. The van der Waals surface area contributed by atoms with E-state index in [4.69, 9.17) is 15.2 Å². The molecule has 0 saturated carbocycles. The molecule has 10 heteroatoms. The van der Waals surface area contributed by atoms with Gasteiger partial charge in [0.2, 0.25) is 0 Å². The number of hydrogen-bond acceptors (Lipinski definition) is 4. The standard InChI is InChI=1S/C25H25F4N3O2Si/c1-35(2,3)9-8-33-14-32-13-17(15-4-5-18(26)19(27)10-15)23-22(6-7-31-25(23)32)34-24-20(28)11-16(30)12-21(24)29/h4-7,10-13H,8-9,14,30H2,1-3H3. The van der Waals surface area contributed by atoms with E-state index in [1.54, 1.807) is 10.8 Å². The quantitative estimate of drug-likeness (QED) is 0.122. The van der Waals surface area contributed by atoms with Crippen LogP contribution in [0.25, 0.3) is 22.2 Å². The van der Waals surface area contributed by atoms with Gasteiger partial charge in [-0.3, -0.25) is 0 Å². The van der Waals surface area contributed by atoms with Crippen LogP contribution in [0, 0.1) is 23.3 Å². The number of halogens is 4. The Balaban J connectivity index is 1.80. The van der Waals surface area contributed by atoms with Crippen LogP contribution in [0.5, 0.6) is 11.5 Å². The second-order valence-electron chi connectivity index (χ2n) is 9.41. The number of rotatable bonds is 8. The predicted molar refractivity (Wildman–Crippen MR) is 130 cm³/mol. The molecule has 0 aliphatic carbocycles. The zero-order valence-corrected chi connectivity index (χ0v) is 20.5. The Morgan fingerprint density at radius 2 is 1.66 bits per heavy atom. The highest BCUT2D eigenvalue weighted by atomic mass is 28.3. The third kappa shape index (κ3) is 5.49. The zero-order valence-electron chi connectivity index (χ0n) is 19.5. The Labute approximate surface area is 201 Å². The summed E-state index contributed by atoms with van der Waals surface area (Å²) in [5.41, 5.74) is 6.58. The molecule has 184 valence electrons. The molecule has 0 fully saturated rings. The Bertz CT molecular complexity index is 1360. The van der Waals surface area contributed by atoms with Gasteiger partial charge in [-0.05, 0) is 29.8 Å². The molecule has 0 amide bonds. The van der Waals surface area contributed by atoms with Crippen LogP contribution in [0.2, 0.25) is 25.7 Å². The van der Waals surface area contributed by atoms with Gasteiger partial charge in [0.15, 0.2) is 29.0 Å². The molecule has 2 heterocycles. The van der Waals surface area contributed by atoms with E-state index in [2.05, 4.69) is 24.6 Å².